The van der Waals surface area contributed by atoms with E-state index in [1.165, 1.54) is 11.3 Å². The molecule has 0 spiro atoms. The second-order valence-electron chi connectivity index (χ2n) is 7.08. The molecule has 7 heteroatoms. The number of hydrogen-bond donors (Lipinski definition) is 0. The smallest absolute Gasteiger partial charge is 0.274 e. The van der Waals surface area contributed by atoms with Crippen LogP contribution in [-0.2, 0) is 4.79 Å². The number of carbonyl (C=O) groups excluding carboxylic acids is 1. The Hall–Kier alpha value is -3.19. The minimum Gasteiger partial charge on any atom is -0.484 e. The van der Waals surface area contributed by atoms with Crippen LogP contribution >= 0.6 is 11.3 Å². The molecule has 1 amide bonds. The molecule has 0 atom stereocenters. The Labute approximate surface area is 170 Å². The van der Waals surface area contributed by atoms with E-state index in [1.807, 2.05) is 59.5 Å². The molecule has 3 heterocycles. The molecule has 0 bridgehead atoms. The molecule has 5 rings (SSSR count). The minimum atomic E-state index is -0.0600. The van der Waals surface area contributed by atoms with E-state index in [0.717, 1.165) is 42.5 Å². The molecule has 2 aromatic carbocycles. The lowest BCUT2D eigenvalue weighted by atomic mass is 10.2. The van der Waals surface area contributed by atoms with Crippen LogP contribution in [0.5, 0.6) is 5.75 Å². The summed E-state index contributed by atoms with van der Waals surface area (Å²) in [6, 6.07) is 15.0. The normalized spacial score (nSPS) is 14.9. The van der Waals surface area contributed by atoms with Crippen LogP contribution < -0.4 is 14.8 Å². The zero-order valence-corrected chi connectivity index (χ0v) is 16.5. The third-order valence-electron chi connectivity index (χ3n) is 5.14. The van der Waals surface area contributed by atoms with Crippen LogP contribution in [0.3, 0.4) is 0 Å². The van der Waals surface area contributed by atoms with Crippen LogP contribution in [0.25, 0.3) is 22.1 Å². The number of carbonyl (C=O) groups is 1. The van der Waals surface area contributed by atoms with Crippen molar-refractivity contribution in [2.75, 3.05) is 19.7 Å². The Balaban J connectivity index is 1.36. The summed E-state index contributed by atoms with van der Waals surface area (Å²) in [5, 5.41) is 0. The molecule has 1 aliphatic heterocycles. The van der Waals surface area contributed by atoms with Gasteiger partial charge in [0.05, 0.1) is 15.6 Å². The van der Waals surface area contributed by atoms with Gasteiger partial charge < -0.3 is 9.64 Å². The number of aromatic nitrogens is 2. The second-order valence-corrected chi connectivity index (χ2v) is 8.09. The summed E-state index contributed by atoms with van der Waals surface area (Å²) >= 11 is 1.38. The van der Waals surface area contributed by atoms with Gasteiger partial charge in [-0.3, -0.25) is 9.59 Å². The van der Waals surface area contributed by atoms with Gasteiger partial charge in [0, 0.05) is 13.1 Å². The molecule has 0 radical (unpaired) electrons. The zero-order valence-electron chi connectivity index (χ0n) is 15.7. The van der Waals surface area contributed by atoms with E-state index < -0.39 is 0 Å². The number of benzene rings is 2. The van der Waals surface area contributed by atoms with Gasteiger partial charge in [-0.2, -0.15) is 0 Å². The second kappa shape index (κ2) is 7.33. The summed E-state index contributed by atoms with van der Waals surface area (Å²) in [6.07, 6.45) is 4.00. The largest absolute Gasteiger partial charge is 0.484 e. The molecular formula is C22H19N3O3S. The first-order chi connectivity index (χ1) is 14.2. The maximum absolute atomic E-state index is 12.8. The van der Waals surface area contributed by atoms with Gasteiger partial charge in [-0.15, -0.1) is 0 Å². The molecule has 0 unspecified atom stereocenters. The predicted octanol–water partition coefficient (Wildman–Crippen LogP) is 2.46. The number of rotatable bonds is 4. The summed E-state index contributed by atoms with van der Waals surface area (Å²) in [6.45, 7) is 1.71. The van der Waals surface area contributed by atoms with Crippen molar-refractivity contribution in [2.45, 2.75) is 12.8 Å². The van der Waals surface area contributed by atoms with Gasteiger partial charge in [0.25, 0.3) is 11.5 Å². The SMILES string of the molecule is O=C(COc1ccc(/C=c2/sc3nc4ccccc4n3c2=O)cc1)N1CCCC1. The lowest BCUT2D eigenvalue weighted by Crippen LogP contribution is -2.32. The number of fused-ring (bicyclic) bond motifs is 3. The van der Waals surface area contributed by atoms with Crippen molar-refractivity contribution < 1.29 is 9.53 Å². The monoisotopic (exact) mass is 405 g/mol. The van der Waals surface area contributed by atoms with E-state index in [-0.39, 0.29) is 18.1 Å². The van der Waals surface area contributed by atoms with Crippen molar-refractivity contribution in [3.63, 3.8) is 0 Å². The Bertz CT molecular complexity index is 1300. The standard InChI is InChI=1S/C22H19N3O3S/c26-20(24-11-3-4-12-24)14-28-16-9-7-15(8-10-16)13-19-21(27)25-18-6-2-1-5-17(18)23-22(25)29-19/h1-2,5-10,13H,3-4,11-12,14H2/b19-13+. The summed E-state index contributed by atoms with van der Waals surface area (Å²) in [7, 11) is 0. The van der Waals surface area contributed by atoms with Gasteiger partial charge in [-0.05, 0) is 48.7 Å². The maximum atomic E-state index is 12.8. The average molecular weight is 405 g/mol. The number of amides is 1. The van der Waals surface area contributed by atoms with E-state index in [4.69, 9.17) is 4.74 Å². The Kier molecular flexibility index (Phi) is 4.52. The fraction of sp³-hybridized carbons (Fsp3) is 0.227. The Morgan fingerprint density at radius 3 is 2.66 bits per heavy atom. The van der Waals surface area contributed by atoms with Crippen LogP contribution in [0.4, 0.5) is 0 Å². The number of thiazole rings is 1. The molecule has 1 fully saturated rings. The van der Waals surface area contributed by atoms with Crippen LogP contribution in [0, 0.1) is 0 Å². The third-order valence-corrected chi connectivity index (χ3v) is 6.11. The fourth-order valence-corrected chi connectivity index (χ4v) is 4.61. The molecule has 2 aromatic heterocycles. The summed E-state index contributed by atoms with van der Waals surface area (Å²) in [5.74, 6) is 0.673. The number of para-hydroxylation sites is 2. The maximum Gasteiger partial charge on any atom is 0.274 e. The van der Waals surface area contributed by atoms with E-state index in [0.29, 0.717) is 15.2 Å². The highest BCUT2D eigenvalue weighted by molar-refractivity contribution is 7.15. The van der Waals surface area contributed by atoms with Crippen LogP contribution in [0.15, 0.2) is 53.3 Å². The predicted molar refractivity (Wildman–Crippen MR) is 113 cm³/mol. The third kappa shape index (κ3) is 3.38. The number of ether oxygens (including phenoxy) is 1. The first-order valence-corrected chi connectivity index (χ1v) is 10.4. The Morgan fingerprint density at radius 1 is 1.10 bits per heavy atom. The molecule has 1 aliphatic rings. The number of nitrogens with zero attached hydrogens (tertiary/aromatic N) is 3. The average Bonchev–Trinajstić information content (AvgIpc) is 3.45. The lowest BCUT2D eigenvalue weighted by molar-refractivity contribution is -0.132. The minimum absolute atomic E-state index is 0.0308. The molecule has 146 valence electrons. The summed E-state index contributed by atoms with van der Waals surface area (Å²) < 4.78 is 7.91. The first kappa shape index (κ1) is 17.9. The molecule has 6 nitrogen and oxygen atoms in total. The number of likely N-dealkylation sites (tertiary alicyclic amines) is 1. The molecule has 29 heavy (non-hydrogen) atoms. The van der Waals surface area contributed by atoms with Crippen LogP contribution in [0.2, 0.25) is 0 Å². The van der Waals surface area contributed by atoms with Gasteiger partial charge in [0.15, 0.2) is 11.6 Å². The van der Waals surface area contributed by atoms with Crippen molar-refractivity contribution in [1.82, 2.24) is 14.3 Å². The molecule has 1 saturated heterocycles. The van der Waals surface area contributed by atoms with Crippen LogP contribution in [-0.4, -0.2) is 39.9 Å². The molecule has 0 saturated carbocycles. The first-order valence-electron chi connectivity index (χ1n) is 9.61. The van der Waals surface area contributed by atoms with E-state index >= 15 is 0 Å². The molecule has 4 aromatic rings. The highest BCUT2D eigenvalue weighted by Crippen LogP contribution is 2.17. The van der Waals surface area contributed by atoms with Gasteiger partial charge >= 0.3 is 0 Å². The van der Waals surface area contributed by atoms with Gasteiger partial charge in [0.1, 0.15) is 5.75 Å². The van der Waals surface area contributed by atoms with Crippen molar-refractivity contribution in [3.8, 4) is 5.75 Å². The zero-order chi connectivity index (χ0) is 19.8. The molecular weight excluding hydrogens is 386 g/mol. The van der Waals surface area contributed by atoms with Crippen molar-refractivity contribution in [2.24, 2.45) is 0 Å². The topological polar surface area (TPSA) is 63.9 Å². The quantitative estimate of drug-likeness (QED) is 0.523. The van der Waals surface area contributed by atoms with Crippen molar-refractivity contribution >= 4 is 39.3 Å². The van der Waals surface area contributed by atoms with Crippen LogP contribution in [0.1, 0.15) is 18.4 Å². The summed E-state index contributed by atoms with van der Waals surface area (Å²) in [5.41, 5.74) is 2.49. The van der Waals surface area contributed by atoms with Gasteiger partial charge in [-0.25, -0.2) is 9.38 Å². The van der Waals surface area contributed by atoms with Crippen molar-refractivity contribution in [1.29, 1.82) is 0 Å². The number of hydrogen-bond acceptors (Lipinski definition) is 5. The lowest BCUT2D eigenvalue weighted by Gasteiger charge is -2.15. The van der Waals surface area contributed by atoms with Crippen molar-refractivity contribution in [3.05, 3.63) is 69.0 Å². The number of imidazole rings is 1. The Morgan fingerprint density at radius 2 is 1.86 bits per heavy atom. The summed E-state index contributed by atoms with van der Waals surface area (Å²) in [4.78, 5) is 32.0. The molecule has 0 aliphatic carbocycles. The van der Waals surface area contributed by atoms with Gasteiger partial charge in [-0.1, -0.05) is 35.6 Å². The van der Waals surface area contributed by atoms with E-state index in [1.54, 1.807) is 4.40 Å². The highest BCUT2D eigenvalue weighted by atomic mass is 32.1. The highest BCUT2D eigenvalue weighted by Gasteiger charge is 2.18. The van der Waals surface area contributed by atoms with E-state index in [2.05, 4.69) is 4.98 Å². The van der Waals surface area contributed by atoms with E-state index in [9.17, 15) is 9.59 Å². The fourth-order valence-electron chi connectivity index (χ4n) is 3.63. The molecule has 0 N–H and O–H groups in total. The van der Waals surface area contributed by atoms with Gasteiger partial charge in [0.2, 0.25) is 0 Å².